The van der Waals surface area contributed by atoms with Crippen LogP contribution in [0.15, 0.2) is 51.7 Å². The zero-order chi connectivity index (χ0) is 38.5. The Morgan fingerprint density at radius 3 is 1.73 bits per heavy atom. The third kappa shape index (κ3) is 7.39. The molecule has 11 nitrogen and oxygen atoms in total. The van der Waals surface area contributed by atoms with E-state index < -0.39 is 5.76 Å². The number of ether oxygens (including phenoxy) is 2. The van der Waals surface area contributed by atoms with E-state index in [9.17, 15) is 14.4 Å². The van der Waals surface area contributed by atoms with Crippen LogP contribution >= 0.6 is 23.2 Å². The normalized spacial score (nSPS) is 16.9. The third-order valence-electron chi connectivity index (χ3n) is 9.91. The van der Waals surface area contributed by atoms with Crippen molar-refractivity contribution >= 4 is 52.2 Å². The van der Waals surface area contributed by atoms with Gasteiger partial charge in [-0.1, -0.05) is 64.7 Å². The lowest BCUT2D eigenvalue weighted by Crippen LogP contribution is -2.25. The highest BCUT2D eigenvalue weighted by Crippen LogP contribution is 2.46. The number of hydrogen-bond acceptors (Lipinski definition) is 10. The SMILES string of the molecule is CN1CC(C)(C)c2cc(-c3n[nH]c(=O)o3)cc(Cl)c21.COC(=O)c1cc(Cl)c2c(c1)C(C)(C)CN2C.COC(=O)c1ccc2c(c1)C(C)(C)CN2C. The number of aromatic amines is 1. The molecule has 7 rings (SSSR count). The minimum absolute atomic E-state index is 0.000332. The molecular formula is C39H47Cl2N5O6. The molecule has 0 saturated heterocycles. The van der Waals surface area contributed by atoms with Gasteiger partial charge in [-0.15, -0.1) is 5.10 Å². The number of benzene rings is 3. The number of carbonyl (C=O) groups excluding carboxylic acids is 2. The highest BCUT2D eigenvalue weighted by molar-refractivity contribution is 6.34. The molecule has 3 aliphatic rings. The number of halogens is 2. The predicted molar refractivity (Wildman–Crippen MR) is 207 cm³/mol. The summed E-state index contributed by atoms with van der Waals surface area (Å²) in [5.74, 6) is -0.920. The van der Waals surface area contributed by atoms with Gasteiger partial charge in [0, 0.05) is 68.3 Å². The second kappa shape index (κ2) is 14.2. The Labute approximate surface area is 314 Å². The van der Waals surface area contributed by atoms with Crippen LogP contribution in [0.5, 0.6) is 0 Å². The van der Waals surface area contributed by atoms with Gasteiger partial charge in [0.2, 0.25) is 5.89 Å². The second-order valence-corrected chi connectivity index (χ2v) is 16.4. The number of likely N-dealkylation sites (N-methyl/N-ethyl adjacent to an activating group) is 3. The molecule has 0 spiro atoms. The topological polar surface area (TPSA) is 121 Å². The van der Waals surface area contributed by atoms with Crippen molar-refractivity contribution in [3.63, 3.8) is 0 Å². The minimum Gasteiger partial charge on any atom is -0.465 e. The highest BCUT2D eigenvalue weighted by atomic mass is 35.5. The Kier molecular flexibility index (Phi) is 10.5. The molecule has 3 aromatic carbocycles. The molecule has 4 aromatic rings. The van der Waals surface area contributed by atoms with E-state index in [-0.39, 0.29) is 34.1 Å². The molecule has 3 aliphatic heterocycles. The number of aromatic nitrogens is 2. The first-order valence-electron chi connectivity index (χ1n) is 16.9. The van der Waals surface area contributed by atoms with Gasteiger partial charge >= 0.3 is 17.7 Å². The van der Waals surface area contributed by atoms with Crippen LogP contribution in [0.25, 0.3) is 11.5 Å². The van der Waals surface area contributed by atoms with Crippen molar-refractivity contribution in [2.45, 2.75) is 57.8 Å². The molecule has 278 valence electrons. The Morgan fingerprint density at radius 2 is 1.19 bits per heavy atom. The zero-order valence-electron chi connectivity index (χ0n) is 31.7. The summed E-state index contributed by atoms with van der Waals surface area (Å²) in [4.78, 5) is 40.6. The largest absolute Gasteiger partial charge is 0.465 e. The van der Waals surface area contributed by atoms with Crippen LogP contribution in [0.1, 0.15) is 78.9 Å². The lowest BCUT2D eigenvalue weighted by molar-refractivity contribution is 0.0591. The van der Waals surface area contributed by atoms with E-state index in [2.05, 4.69) is 73.5 Å². The lowest BCUT2D eigenvalue weighted by Gasteiger charge is -2.18. The van der Waals surface area contributed by atoms with E-state index in [0.29, 0.717) is 26.7 Å². The lowest BCUT2D eigenvalue weighted by atomic mass is 9.86. The number of anilines is 3. The van der Waals surface area contributed by atoms with Crippen LogP contribution in [0.3, 0.4) is 0 Å². The molecule has 0 radical (unpaired) electrons. The van der Waals surface area contributed by atoms with Crippen molar-refractivity contribution in [3.8, 4) is 11.5 Å². The average molecular weight is 753 g/mol. The molecule has 0 amide bonds. The van der Waals surface area contributed by atoms with Gasteiger partial charge < -0.3 is 28.6 Å². The first kappa shape index (κ1) is 38.7. The number of rotatable bonds is 3. The van der Waals surface area contributed by atoms with Crippen molar-refractivity contribution in [2.75, 3.05) is 69.7 Å². The standard InChI is InChI=1S/C13H14ClN3O2.C13H16ClNO2.C13H17NO2/c1-13(2)6-17(3)10-8(13)4-7(5-9(10)14)11-15-16-12(18)19-11;1-13(2)7-15(3)11-9(13)5-8(6-10(11)14)12(16)17-4;1-13(2)8-14(3)11-6-5-9(7-10(11)13)12(15)16-4/h4-5H,6H2,1-3H3,(H,16,18);5-6H,7H2,1-4H3;5-7H,8H2,1-4H3. The number of esters is 2. The number of hydrogen-bond donors (Lipinski definition) is 1. The van der Waals surface area contributed by atoms with Crippen LogP contribution < -0.4 is 20.5 Å². The summed E-state index contributed by atoms with van der Waals surface area (Å²) in [6.45, 7) is 15.8. The Balaban J connectivity index is 0.000000151. The smallest absolute Gasteiger partial charge is 0.434 e. The molecule has 1 aromatic heterocycles. The Hall–Kier alpha value is -4.48. The van der Waals surface area contributed by atoms with Crippen LogP contribution in [-0.4, -0.2) is 77.1 Å². The van der Waals surface area contributed by atoms with E-state index in [1.54, 1.807) is 12.1 Å². The first-order valence-corrected chi connectivity index (χ1v) is 17.6. The fourth-order valence-electron chi connectivity index (χ4n) is 7.65. The van der Waals surface area contributed by atoms with Gasteiger partial charge in [-0.05, 0) is 59.2 Å². The third-order valence-corrected chi connectivity index (χ3v) is 10.5. The van der Waals surface area contributed by atoms with Crippen LogP contribution in [-0.2, 0) is 25.7 Å². The average Bonchev–Trinajstić information content (AvgIpc) is 3.75. The van der Waals surface area contributed by atoms with Crippen molar-refractivity contribution in [1.29, 1.82) is 0 Å². The maximum absolute atomic E-state index is 11.6. The Bertz CT molecular complexity index is 2090. The van der Waals surface area contributed by atoms with Crippen molar-refractivity contribution in [2.24, 2.45) is 0 Å². The van der Waals surface area contributed by atoms with Crippen LogP contribution in [0.4, 0.5) is 17.1 Å². The molecule has 0 unspecified atom stereocenters. The monoisotopic (exact) mass is 751 g/mol. The quantitative estimate of drug-likeness (QED) is 0.211. The summed E-state index contributed by atoms with van der Waals surface area (Å²) < 4.78 is 14.5. The molecule has 0 bridgehead atoms. The van der Waals surface area contributed by atoms with Gasteiger partial charge in [-0.3, -0.25) is 0 Å². The number of nitrogens with one attached hydrogen (secondary N) is 1. The van der Waals surface area contributed by atoms with Crippen LogP contribution in [0, 0.1) is 0 Å². The van der Waals surface area contributed by atoms with Crippen molar-refractivity contribution < 1.29 is 23.5 Å². The van der Waals surface area contributed by atoms with Crippen molar-refractivity contribution in [1.82, 2.24) is 10.2 Å². The van der Waals surface area contributed by atoms with Crippen molar-refractivity contribution in [3.05, 3.63) is 90.9 Å². The molecule has 52 heavy (non-hydrogen) atoms. The highest BCUT2D eigenvalue weighted by Gasteiger charge is 2.37. The number of nitrogens with zero attached hydrogens (tertiary/aromatic N) is 4. The van der Waals surface area contributed by atoms with Gasteiger partial charge in [0.05, 0.1) is 46.8 Å². The zero-order valence-corrected chi connectivity index (χ0v) is 33.2. The number of H-pyrrole nitrogens is 1. The van der Waals surface area contributed by atoms with Crippen LogP contribution in [0.2, 0.25) is 10.0 Å². The number of methoxy groups -OCH3 is 2. The van der Waals surface area contributed by atoms with E-state index >= 15 is 0 Å². The summed E-state index contributed by atoms with van der Waals surface area (Å²) in [5.41, 5.74) is 8.67. The number of fused-ring (bicyclic) bond motifs is 3. The molecule has 0 fully saturated rings. The number of carbonyl (C=O) groups is 2. The summed E-state index contributed by atoms with van der Waals surface area (Å²) in [5, 5.41) is 7.35. The molecule has 0 aliphatic carbocycles. The van der Waals surface area contributed by atoms with E-state index in [4.69, 9.17) is 37.1 Å². The molecule has 1 N–H and O–H groups in total. The summed E-state index contributed by atoms with van der Waals surface area (Å²) >= 11 is 12.6. The summed E-state index contributed by atoms with van der Waals surface area (Å²) in [6, 6.07) is 13.1. The summed E-state index contributed by atoms with van der Waals surface area (Å²) in [6.07, 6.45) is 0. The maximum atomic E-state index is 11.6. The molecular weight excluding hydrogens is 705 g/mol. The fraction of sp³-hybridized carbons (Fsp3) is 0.436. The van der Waals surface area contributed by atoms with Gasteiger partial charge in [0.15, 0.2) is 0 Å². The van der Waals surface area contributed by atoms with E-state index in [0.717, 1.165) is 42.1 Å². The Morgan fingerprint density at radius 1 is 0.712 bits per heavy atom. The summed E-state index contributed by atoms with van der Waals surface area (Å²) in [7, 11) is 8.89. The van der Waals surface area contributed by atoms with E-state index in [1.165, 1.54) is 25.5 Å². The van der Waals surface area contributed by atoms with E-state index in [1.807, 2.05) is 44.4 Å². The first-order chi connectivity index (χ1) is 24.2. The molecule has 0 atom stereocenters. The predicted octanol–water partition coefficient (Wildman–Crippen LogP) is 7.47. The molecule has 13 heteroatoms. The molecule has 0 saturated carbocycles. The van der Waals surface area contributed by atoms with Gasteiger partial charge in [-0.2, -0.15) is 0 Å². The minimum atomic E-state index is -0.567. The van der Waals surface area contributed by atoms with Gasteiger partial charge in [0.25, 0.3) is 0 Å². The molecule has 4 heterocycles. The van der Waals surface area contributed by atoms with Gasteiger partial charge in [0.1, 0.15) is 0 Å². The maximum Gasteiger partial charge on any atom is 0.434 e. The van der Waals surface area contributed by atoms with Gasteiger partial charge in [-0.25, -0.2) is 19.5 Å². The fourth-order valence-corrected chi connectivity index (χ4v) is 8.38. The second-order valence-electron chi connectivity index (χ2n) is 15.6.